The van der Waals surface area contributed by atoms with Crippen LogP contribution >= 0.6 is 0 Å². The van der Waals surface area contributed by atoms with Gasteiger partial charge in [-0.25, -0.2) is 32.9 Å². The predicted molar refractivity (Wildman–Crippen MR) is 132 cm³/mol. The van der Waals surface area contributed by atoms with Crippen LogP contribution in [0.15, 0.2) is 51.5 Å². The topological polar surface area (TPSA) is 153 Å². The molecule has 3 aromatic heterocycles. The molecule has 0 saturated carbocycles. The molecular formula is C23H21F4N7O4S. The van der Waals surface area contributed by atoms with Crippen LogP contribution in [-0.4, -0.2) is 50.4 Å². The van der Waals surface area contributed by atoms with Gasteiger partial charge in [0.25, 0.3) is 11.1 Å². The van der Waals surface area contributed by atoms with Crippen LogP contribution in [0.4, 0.5) is 23.2 Å². The lowest BCUT2D eigenvalue weighted by atomic mass is 10.1. The molecule has 206 valence electrons. The van der Waals surface area contributed by atoms with Crippen molar-refractivity contribution in [2.75, 3.05) is 11.6 Å². The summed E-state index contributed by atoms with van der Waals surface area (Å²) in [6.45, 7) is 1.76. The number of sulfone groups is 1. The van der Waals surface area contributed by atoms with Crippen molar-refractivity contribution in [2.45, 2.75) is 43.4 Å². The standard InChI is InChI=1S/C23H21F4N7O4S/c1-12(32-18-10-31-33-21(35)19(18)23(25,26)27)4-3-5-34-11-30-17-7-14(16(24)6-15(17)22(34)36)20-28-8-13(9-29-20)39(2,37)38/h6-12H,3-5H2,1-2H3,(H2,32,33,35). The van der Waals surface area contributed by atoms with E-state index in [9.17, 15) is 35.6 Å². The Morgan fingerprint density at radius 2 is 1.79 bits per heavy atom. The van der Waals surface area contributed by atoms with Gasteiger partial charge in [-0.05, 0) is 31.9 Å². The van der Waals surface area contributed by atoms with Crippen molar-refractivity contribution in [1.82, 2.24) is 29.7 Å². The zero-order valence-corrected chi connectivity index (χ0v) is 21.3. The van der Waals surface area contributed by atoms with Gasteiger partial charge in [-0.3, -0.25) is 14.2 Å². The SMILES string of the molecule is CC(CCCn1cnc2cc(-c3ncc(S(C)(=O)=O)cn3)c(F)cc2c1=O)Nc1cn[nH]c(=O)c1C(F)(F)F. The Kier molecular flexibility index (Phi) is 7.50. The van der Waals surface area contributed by atoms with Crippen LogP contribution in [0.5, 0.6) is 0 Å². The van der Waals surface area contributed by atoms with Crippen LogP contribution < -0.4 is 16.4 Å². The van der Waals surface area contributed by atoms with Crippen LogP contribution in [-0.2, 0) is 22.6 Å². The number of fused-ring (bicyclic) bond motifs is 1. The van der Waals surface area contributed by atoms with E-state index >= 15 is 0 Å². The number of aryl methyl sites for hydroxylation is 1. The zero-order chi connectivity index (χ0) is 28.5. The number of anilines is 1. The first-order chi connectivity index (χ1) is 18.3. The third kappa shape index (κ3) is 6.10. The number of H-pyrrole nitrogens is 1. The summed E-state index contributed by atoms with van der Waals surface area (Å²) in [7, 11) is -3.54. The van der Waals surface area contributed by atoms with Gasteiger partial charge in [-0.15, -0.1) is 0 Å². The first-order valence-corrected chi connectivity index (χ1v) is 13.3. The average molecular weight is 568 g/mol. The number of halogens is 4. The van der Waals surface area contributed by atoms with Crippen LogP contribution in [0, 0.1) is 5.82 Å². The van der Waals surface area contributed by atoms with Crippen molar-refractivity contribution in [1.29, 1.82) is 0 Å². The quantitative estimate of drug-likeness (QED) is 0.306. The van der Waals surface area contributed by atoms with E-state index in [0.29, 0.717) is 12.8 Å². The largest absolute Gasteiger partial charge is 0.423 e. The molecule has 1 aromatic carbocycles. The van der Waals surface area contributed by atoms with E-state index in [-0.39, 0.29) is 33.7 Å². The summed E-state index contributed by atoms with van der Waals surface area (Å²) < 4.78 is 79.0. The van der Waals surface area contributed by atoms with E-state index in [2.05, 4.69) is 25.4 Å². The maximum absolute atomic E-state index is 14.9. The minimum atomic E-state index is -4.87. The van der Waals surface area contributed by atoms with Crippen LogP contribution in [0.1, 0.15) is 25.3 Å². The molecule has 0 fully saturated rings. The molecule has 0 amide bonds. The number of aromatic nitrogens is 6. The second-order valence-electron chi connectivity index (χ2n) is 8.78. The molecular weight excluding hydrogens is 546 g/mol. The summed E-state index contributed by atoms with van der Waals surface area (Å²) in [6, 6.07) is 1.77. The Hall–Kier alpha value is -4.21. The smallest absolute Gasteiger partial charge is 0.381 e. The van der Waals surface area contributed by atoms with Gasteiger partial charge in [0.2, 0.25) is 0 Å². The molecule has 1 atom stereocenters. The highest BCUT2D eigenvalue weighted by molar-refractivity contribution is 7.90. The predicted octanol–water partition coefficient (Wildman–Crippen LogP) is 2.78. The molecule has 0 radical (unpaired) electrons. The summed E-state index contributed by atoms with van der Waals surface area (Å²) >= 11 is 0. The molecule has 0 bridgehead atoms. The van der Waals surface area contributed by atoms with Gasteiger partial charge in [-0.2, -0.15) is 18.3 Å². The highest BCUT2D eigenvalue weighted by Gasteiger charge is 2.37. The maximum Gasteiger partial charge on any atom is 0.423 e. The first kappa shape index (κ1) is 27.8. The monoisotopic (exact) mass is 567 g/mol. The van der Waals surface area contributed by atoms with Gasteiger partial charge in [0.15, 0.2) is 15.7 Å². The molecule has 3 heterocycles. The summed E-state index contributed by atoms with van der Waals surface area (Å²) in [5.41, 5.74) is -3.62. The summed E-state index contributed by atoms with van der Waals surface area (Å²) in [5, 5.41) is 7.79. The Bertz CT molecular complexity index is 1750. The fraction of sp³-hybridized carbons (Fsp3) is 0.304. The van der Waals surface area contributed by atoms with Crippen molar-refractivity contribution in [3.8, 4) is 11.4 Å². The van der Waals surface area contributed by atoms with Gasteiger partial charge in [-0.1, -0.05) is 0 Å². The molecule has 2 N–H and O–H groups in total. The first-order valence-electron chi connectivity index (χ1n) is 11.4. The number of rotatable bonds is 8. The average Bonchev–Trinajstić information content (AvgIpc) is 2.84. The lowest BCUT2D eigenvalue weighted by Gasteiger charge is -2.18. The second-order valence-corrected chi connectivity index (χ2v) is 10.8. The second kappa shape index (κ2) is 10.5. The molecule has 4 rings (SSSR count). The van der Waals surface area contributed by atoms with Gasteiger partial charge in [0.05, 0.1) is 34.7 Å². The maximum atomic E-state index is 14.9. The molecule has 0 spiro atoms. The fourth-order valence-electron chi connectivity index (χ4n) is 3.85. The van der Waals surface area contributed by atoms with Crippen LogP contribution in [0.25, 0.3) is 22.3 Å². The normalized spacial score (nSPS) is 13.0. The van der Waals surface area contributed by atoms with Gasteiger partial charge in [0.1, 0.15) is 16.3 Å². The molecule has 39 heavy (non-hydrogen) atoms. The van der Waals surface area contributed by atoms with Crippen LogP contribution in [0.3, 0.4) is 0 Å². The van der Waals surface area contributed by atoms with E-state index in [1.54, 1.807) is 12.0 Å². The molecule has 0 saturated heterocycles. The highest BCUT2D eigenvalue weighted by Crippen LogP contribution is 2.32. The summed E-state index contributed by atoms with van der Waals surface area (Å²) in [4.78, 5) is 36.4. The van der Waals surface area contributed by atoms with E-state index in [1.807, 2.05) is 0 Å². The minimum Gasteiger partial charge on any atom is -0.381 e. The number of hydrogen-bond donors (Lipinski definition) is 2. The third-order valence-electron chi connectivity index (χ3n) is 5.79. The van der Waals surface area contributed by atoms with E-state index in [0.717, 1.165) is 30.9 Å². The lowest BCUT2D eigenvalue weighted by Crippen LogP contribution is -2.27. The Balaban J connectivity index is 1.48. The van der Waals surface area contributed by atoms with E-state index in [4.69, 9.17) is 0 Å². The van der Waals surface area contributed by atoms with E-state index in [1.165, 1.54) is 17.0 Å². The van der Waals surface area contributed by atoms with Crippen molar-refractivity contribution >= 4 is 26.4 Å². The molecule has 11 nitrogen and oxygen atoms in total. The number of nitrogens with zero attached hydrogens (tertiary/aromatic N) is 5. The highest BCUT2D eigenvalue weighted by atomic mass is 32.2. The molecule has 0 aliphatic heterocycles. The molecule has 0 aliphatic rings. The van der Waals surface area contributed by atoms with Gasteiger partial charge in [0, 0.05) is 31.2 Å². The number of benzene rings is 1. The van der Waals surface area contributed by atoms with Crippen molar-refractivity contribution in [3.63, 3.8) is 0 Å². The Labute approximate surface area is 217 Å². The number of aromatic amines is 1. The zero-order valence-electron chi connectivity index (χ0n) is 20.5. The number of alkyl halides is 3. The molecule has 16 heteroatoms. The van der Waals surface area contributed by atoms with Crippen molar-refractivity contribution < 1.29 is 26.0 Å². The Morgan fingerprint density at radius 3 is 2.44 bits per heavy atom. The van der Waals surface area contributed by atoms with Crippen molar-refractivity contribution in [3.05, 3.63) is 69.1 Å². The lowest BCUT2D eigenvalue weighted by molar-refractivity contribution is -0.138. The molecule has 0 aliphatic carbocycles. The number of nitrogens with one attached hydrogen (secondary N) is 2. The minimum absolute atomic E-state index is 0.0120. The Morgan fingerprint density at radius 1 is 1.10 bits per heavy atom. The van der Waals surface area contributed by atoms with Crippen molar-refractivity contribution in [2.24, 2.45) is 0 Å². The van der Waals surface area contributed by atoms with Gasteiger partial charge >= 0.3 is 6.18 Å². The summed E-state index contributed by atoms with van der Waals surface area (Å²) in [6.07, 6.45) is 1.04. The van der Waals surface area contributed by atoms with Gasteiger partial charge < -0.3 is 5.32 Å². The third-order valence-corrected chi connectivity index (χ3v) is 6.85. The summed E-state index contributed by atoms with van der Waals surface area (Å²) in [5.74, 6) is -0.894. The van der Waals surface area contributed by atoms with Crippen LogP contribution in [0.2, 0.25) is 0 Å². The molecule has 1 unspecified atom stereocenters. The fourth-order valence-corrected chi connectivity index (χ4v) is 4.34. The number of hydrogen-bond acceptors (Lipinski definition) is 9. The van der Waals surface area contributed by atoms with E-state index < -0.39 is 50.2 Å². The molecule has 4 aromatic rings.